The van der Waals surface area contributed by atoms with E-state index in [-0.39, 0.29) is 29.4 Å². The van der Waals surface area contributed by atoms with Crippen molar-refractivity contribution in [2.24, 2.45) is 23.2 Å². The summed E-state index contributed by atoms with van der Waals surface area (Å²) in [5, 5.41) is 3.02. The molecule has 2 aliphatic heterocycles. The molecule has 0 aromatic carbocycles. The maximum atomic E-state index is 13.6. The summed E-state index contributed by atoms with van der Waals surface area (Å²) in [6.07, 6.45) is 8.84. The number of amides is 2. The molecule has 2 atom stereocenters. The van der Waals surface area contributed by atoms with Crippen molar-refractivity contribution in [1.29, 1.82) is 0 Å². The first-order valence-electron chi connectivity index (χ1n) is 10.9. The Morgan fingerprint density at radius 3 is 2.37 bits per heavy atom. The van der Waals surface area contributed by atoms with Crippen molar-refractivity contribution in [2.75, 3.05) is 32.9 Å². The van der Waals surface area contributed by atoms with Crippen LogP contribution in [0.15, 0.2) is 0 Å². The van der Waals surface area contributed by atoms with E-state index in [2.05, 4.69) is 5.32 Å². The van der Waals surface area contributed by atoms with Crippen LogP contribution < -0.4 is 5.32 Å². The Kier molecular flexibility index (Phi) is 4.67. The van der Waals surface area contributed by atoms with E-state index in [9.17, 15) is 9.59 Å². The molecule has 6 aliphatic rings. The monoisotopic (exact) mass is 376 g/mol. The van der Waals surface area contributed by atoms with Crippen molar-refractivity contribution in [2.45, 2.75) is 63.5 Å². The molecule has 2 saturated heterocycles. The van der Waals surface area contributed by atoms with Crippen LogP contribution >= 0.6 is 0 Å². The van der Waals surface area contributed by atoms with Crippen LogP contribution in [0.1, 0.15) is 51.4 Å². The third kappa shape index (κ3) is 3.29. The van der Waals surface area contributed by atoms with Gasteiger partial charge in [-0.25, -0.2) is 0 Å². The van der Waals surface area contributed by atoms with Gasteiger partial charge in [-0.2, -0.15) is 0 Å². The number of hydrogen-bond acceptors (Lipinski definition) is 4. The minimum Gasteiger partial charge on any atom is -0.376 e. The fraction of sp³-hybridized carbons (Fsp3) is 0.905. The molecule has 6 heteroatoms. The van der Waals surface area contributed by atoms with Gasteiger partial charge < -0.3 is 19.7 Å². The molecule has 0 aromatic heterocycles. The SMILES string of the molecule is O=C(NCC1COCCO1)C1CCCN1C(=O)C12CC3CC(CC(C3)C1)C2. The highest BCUT2D eigenvalue weighted by Crippen LogP contribution is 2.60. The molecular weight excluding hydrogens is 344 g/mol. The van der Waals surface area contributed by atoms with Crippen LogP contribution in [0.4, 0.5) is 0 Å². The van der Waals surface area contributed by atoms with E-state index in [1.165, 1.54) is 19.3 Å². The molecule has 1 N–H and O–H groups in total. The van der Waals surface area contributed by atoms with Gasteiger partial charge in [-0.3, -0.25) is 9.59 Å². The van der Waals surface area contributed by atoms with Crippen LogP contribution in [0, 0.1) is 23.2 Å². The second-order valence-electron chi connectivity index (χ2n) is 9.67. The second kappa shape index (κ2) is 7.03. The minimum absolute atomic E-state index is 0.0141. The Labute approximate surface area is 161 Å². The number of hydrogen-bond donors (Lipinski definition) is 1. The quantitative estimate of drug-likeness (QED) is 0.811. The van der Waals surface area contributed by atoms with Gasteiger partial charge in [0.15, 0.2) is 0 Å². The average Bonchev–Trinajstić information content (AvgIpc) is 3.15. The third-order valence-electron chi connectivity index (χ3n) is 7.70. The second-order valence-corrected chi connectivity index (χ2v) is 9.67. The Morgan fingerprint density at radius 2 is 1.74 bits per heavy atom. The van der Waals surface area contributed by atoms with E-state index in [1.807, 2.05) is 4.90 Å². The fourth-order valence-corrected chi connectivity index (χ4v) is 6.95. The van der Waals surface area contributed by atoms with Gasteiger partial charge in [-0.15, -0.1) is 0 Å². The van der Waals surface area contributed by atoms with Crippen molar-refractivity contribution in [3.05, 3.63) is 0 Å². The number of nitrogens with zero attached hydrogens (tertiary/aromatic N) is 1. The van der Waals surface area contributed by atoms with Crippen molar-refractivity contribution in [3.8, 4) is 0 Å². The lowest BCUT2D eigenvalue weighted by Crippen LogP contribution is -2.57. The first-order valence-corrected chi connectivity index (χ1v) is 10.9. The van der Waals surface area contributed by atoms with Gasteiger partial charge in [0, 0.05) is 13.1 Å². The van der Waals surface area contributed by atoms with Crippen molar-refractivity contribution in [3.63, 3.8) is 0 Å². The van der Waals surface area contributed by atoms with E-state index >= 15 is 0 Å². The molecule has 6 nitrogen and oxygen atoms in total. The molecule has 0 aromatic rings. The molecule has 2 unspecified atom stereocenters. The van der Waals surface area contributed by atoms with Gasteiger partial charge in [0.1, 0.15) is 6.04 Å². The van der Waals surface area contributed by atoms with Crippen LogP contribution in [-0.4, -0.2) is 61.8 Å². The lowest BCUT2D eigenvalue weighted by molar-refractivity contribution is -0.160. The van der Waals surface area contributed by atoms with Crippen LogP contribution in [-0.2, 0) is 19.1 Å². The lowest BCUT2D eigenvalue weighted by Gasteiger charge is -2.56. The molecular formula is C21H32N2O4. The maximum absolute atomic E-state index is 13.6. The predicted octanol–water partition coefficient (Wildman–Crippen LogP) is 1.73. The highest BCUT2D eigenvalue weighted by atomic mass is 16.6. The van der Waals surface area contributed by atoms with E-state index in [0.717, 1.165) is 56.4 Å². The van der Waals surface area contributed by atoms with Crippen molar-refractivity contribution in [1.82, 2.24) is 10.2 Å². The number of nitrogens with one attached hydrogen (secondary N) is 1. The number of ether oxygens (including phenoxy) is 2. The number of carbonyl (C=O) groups is 2. The standard InChI is InChI=1S/C21H32N2O4/c24-19(22-12-17-13-26-4-5-27-17)18-2-1-3-23(18)20(25)21-9-14-6-15(10-21)8-16(7-14)11-21/h14-18H,1-13H2,(H,22,24). The minimum atomic E-state index is -0.296. The van der Waals surface area contributed by atoms with Crippen LogP contribution in [0.3, 0.4) is 0 Å². The average molecular weight is 376 g/mol. The smallest absolute Gasteiger partial charge is 0.242 e. The van der Waals surface area contributed by atoms with E-state index in [4.69, 9.17) is 9.47 Å². The van der Waals surface area contributed by atoms with Gasteiger partial charge in [0.25, 0.3) is 0 Å². The summed E-state index contributed by atoms with van der Waals surface area (Å²) in [7, 11) is 0. The maximum Gasteiger partial charge on any atom is 0.242 e. The normalized spacial score (nSPS) is 43.1. The molecule has 2 amide bonds. The lowest BCUT2D eigenvalue weighted by atomic mass is 9.49. The molecule has 27 heavy (non-hydrogen) atoms. The Bertz CT molecular complexity index is 566. The molecule has 6 fully saturated rings. The molecule has 4 saturated carbocycles. The van der Waals surface area contributed by atoms with Gasteiger partial charge >= 0.3 is 0 Å². The topological polar surface area (TPSA) is 67.9 Å². The number of carbonyl (C=O) groups excluding carboxylic acids is 2. The van der Waals surface area contributed by atoms with E-state index in [0.29, 0.717) is 26.4 Å². The fourth-order valence-electron chi connectivity index (χ4n) is 6.95. The molecule has 4 bridgehead atoms. The van der Waals surface area contributed by atoms with E-state index in [1.54, 1.807) is 0 Å². The zero-order chi connectivity index (χ0) is 18.4. The zero-order valence-electron chi connectivity index (χ0n) is 16.2. The molecule has 6 rings (SSSR count). The summed E-state index contributed by atoms with van der Waals surface area (Å²) in [6, 6.07) is -0.296. The summed E-state index contributed by atoms with van der Waals surface area (Å²) in [5.41, 5.74) is -0.155. The largest absolute Gasteiger partial charge is 0.376 e. The Hall–Kier alpha value is -1.14. The highest BCUT2D eigenvalue weighted by molar-refractivity contribution is 5.91. The first kappa shape index (κ1) is 17.9. The van der Waals surface area contributed by atoms with Gasteiger partial charge in [0.2, 0.25) is 11.8 Å². The van der Waals surface area contributed by atoms with E-state index < -0.39 is 0 Å². The Morgan fingerprint density at radius 1 is 1.04 bits per heavy atom. The Balaban J connectivity index is 1.24. The molecule has 150 valence electrons. The predicted molar refractivity (Wildman–Crippen MR) is 98.9 cm³/mol. The summed E-state index contributed by atoms with van der Waals surface area (Å²) in [4.78, 5) is 28.4. The van der Waals surface area contributed by atoms with Gasteiger partial charge in [-0.1, -0.05) is 0 Å². The van der Waals surface area contributed by atoms with Crippen LogP contribution in [0.25, 0.3) is 0 Å². The summed E-state index contributed by atoms with van der Waals surface area (Å²) in [5.74, 6) is 2.52. The summed E-state index contributed by atoms with van der Waals surface area (Å²) in [6.45, 7) is 2.94. The van der Waals surface area contributed by atoms with Gasteiger partial charge in [0.05, 0.1) is 31.3 Å². The van der Waals surface area contributed by atoms with Crippen LogP contribution in [0.2, 0.25) is 0 Å². The van der Waals surface area contributed by atoms with Crippen molar-refractivity contribution >= 4 is 11.8 Å². The molecule has 4 aliphatic carbocycles. The van der Waals surface area contributed by atoms with Crippen molar-refractivity contribution < 1.29 is 19.1 Å². The molecule has 0 radical (unpaired) electrons. The number of rotatable bonds is 4. The third-order valence-corrected chi connectivity index (χ3v) is 7.70. The first-order chi connectivity index (χ1) is 13.1. The summed E-state index contributed by atoms with van der Waals surface area (Å²) >= 11 is 0. The zero-order valence-corrected chi connectivity index (χ0v) is 16.2. The molecule has 0 spiro atoms. The summed E-state index contributed by atoms with van der Waals surface area (Å²) < 4.78 is 11.0. The van der Waals surface area contributed by atoms with Gasteiger partial charge in [-0.05, 0) is 69.1 Å². The molecule has 2 heterocycles. The van der Waals surface area contributed by atoms with Crippen LogP contribution in [0.5, 0.6) is 0 Å². The number of likely N-dealkylation sites (tertiary alicyclic amines) is 1. The highest BCUT2D eigenvalue weighted by Gasteiger charge is 2.56.